The van der Waals surface area contributed by atoms with Gasteiger partial charge in [-0.15, -0.1) is 0 Å². The molecular formula is C5H10O2S2. The molecule has 0 atom stereocenters. The summed E-state index contributed by atoms with van der Waals surface area (Å²) in [5.41, 5.74) is -0.269. The lowest BCUT2D eigenvalue weighted by Crippen LogP contribution is -2.33. The fourth-order valence-corrected chi connectivity index (χ4v) is 4.00. The van der Waals surface area contributed by atoms with Crippen molar-refractivity contribution in [1.29, 1.82) is 0 Å². The van der Waals surface area contributed by atoms with Gasteiger partial charge >= 0.3 is 0 Å². The average Bonchev–Trinajstić information content (AvgIpc) is 2.16. The summed E-state index contributed by atoms with van der Waals surface area (Å²) in [4.78, 5) is 0. The molecule has 0 radical (unpaired) electrons. The summed E-state index contributed by atoms with van der Waals surface area (Å²) in [7, 11) is 3.41. The van der Waals surface area contributed by atoms with Crippen LogP contribution < -0.4 is 0 Å². The predicted molar refractivity (Wildman–Crippen MR) is 41.2 cm³/mol. The molecule has 1 saturated heterocycles. The SMILES string of the molecule is CC1(C(O)O)CSSC1. The van der Waals surface area contributed by atoms with Gasteiger partial charge in [-0.2, -0.15) is 0 Å². The van der Waals surface area contributed by atoms with E-state index in [1.165, 1.54) is 0 Å². The monoisotopic (exact) mass is 166 g/mol. The second kappa shape index (κ2) is 2.70. The highest BCUT2D eigenvalue weighted by molar-refractivity contribution is 8.77. The molecule has 0 saturated carbocycles. The second-order valence-corrected chi connectivity index (χ2v) is 5.02. The van der Waals surface area contributed by atoms with E-state index in [9.17, 15) is 0 Å². The Morgan fingerprint density at radius 3 is 2.00 bits per heavy atom. The molecular weight excluding hydrogens is 156 g/mol. The number of rotatable bonds is 1. The molecule has 0 bridgehead atoms. The van der Waals surface area contributed by atoms with E-state index in [1.807, 2.05) is 6.92 Å². The molecule has 1 heterocycles. The van der Waals surface area contributed by atoms with Gasteiger partial charge in [0.15, 0.2) is 6.29 Å². The van der Waals surface area contributed by atoms with Gasteiger partial charge in [-0.1, -0.05) is 28.5 Å². The van der Waals surface area contributed by atoms with Gasteiger partial charge < -0.3 is 10.2 Å². The number of hydrogen-bond acceptors (Lipinski definition) is 4. The van der Waals surface area contributed by atoms with E-state index >= 15 is 0 Å². The van der Waals surface area contributed by atoms with Crippen molar-refractivity contribution in [1.82, 2.24) is 0 Å². The first-order valence-corrected chi connectivity index (χ1v) is 5.24. The Hall–Kier alpha value is 0.620. The van der Waals surface area contributed by atoms with E-state index in [2.05, 4.69) is 0 Å². The van der Waals surface area contributed by atoms with Crippen LogP contribution in [0.2, 0.25) is 0 Å². The van der Waals surface area contributed by atoms with Gasteiger partial charge in [0, 0.05) is 16.9 Å². The Morgan fingerprint density at radius 2 is 1.78 bits per heavy atom. The maximum atomic E-state index is 8.84. The van der Waals surface area contributed by atoms with Crippen molar-refractivity contribution in [2.75, 3.05) is 11.5 Å². The molecule has 0 amide bonds. The first-order valence-electron chi connectivity index (χ1n) is 2.76. The van der Waals surface area contributed by atoms with E-state index in [4.69, 9.17) is 10.2 Å². The van der Waals surface area contributed by atoms with Gasteiger partial charge in [0.1, 0.15) is 0 Å². The molecule has 0 spiro atoms. The molecule has 0 aromatic rings. The summed E-state index contributed by atoms with van der Waals surface area (Å²) in [5.74, 6) is 1.69. The summed E-state index contributed by atoms with van der Waals surface area (Å²) >= 11 is 0. The van der Waals surface area contributed by atoms with Gasteiger partial charge in [-0.05, 0) is 0 Å². The van der Waals surface area contributed by atoms with Crippen molar-refractivity contribution in [3.8, 4) is 0 Å². The minimum Gasteiger partial charge on any atom is -0.368 e. The molecule has 0 unspecified atom stereocenters. The van der Waals surface area contributed by atoms with Crippen LogP contribution in [-0.4, -0.2) is 28.0 Å². The van der Waals surface area contributed by atoms with E-state index < -0.39 is 6.29 Å². The van der Waals surface area contributed by atoms with Crippen LogP contribution in [0.15, 0.2) is 0 Å². The van der Waals surface area contributed by atoms with Crippen LogP contribution in [-0.2, 0) is 0 Å². The smallest absolute Gasteiger partial charge is 0.158 e. The van der Waals surface area contributed by atoms with Gasteiger partial charge in [0.05, 0.1) is 0 Å². The first-order chi connectivity index (χ1) is 4.15. The molecule has 2 nitrogen and oxygen atoms in total. The van der Waals surface area contributed by atoms with Crippen LogP contribution in [0.25, 0.3) is 0 Å². The Morgan fingerprint density at radius 1 is 1.33 bits per heavy atom. The van der Waals surface area contributed by atoms with E-state index in [-0.39, 0.29) is 5.41 Å². The molecule has 1 aliphatic heterocycles. The summed E-state index contributed by atoms with van der Waals surface area (Å²) in [6.07, 6.45) is -1.15. The van der Waals surface area contributed by atoms with Crippen molar-refractivity contribution in [2.24, 2.45) is 5.41 Å². The van der Waals surface area contributed by atoms with Crippen molar-refractivity contribution in [2.45, 2.75) is 13.2 Å². The standard InChI is InChI=1S/C5H10O2S2/c1-5(4(6)7)2-8-9-3-5/h4,6-7H,2-3H2,1H3. The van der Waals surface area contributed by atoms with Crippen molar-refractivity contribution in [3.05, 3.63) is 0 Å². The molecule has 9 heavy (non-hydrogen) atoms. The lowest BCUT2D eigenvalue weighted by atomic mass is 9.95. The minimum absolute atomic E-state index is 0.269. The summed E-state index contributed by atoms with van der Waals surface area (Å²) in [6, 6.07) is 0. The Labute approximate surface area is 62.4 Å². The van der Waals surface area contributed by atoms with Crippen LogP contribution >= 0.6 is 21.6 Å². The van der Waals surface area contributed by atoms with Gasteiger partial charge in [-0.25, -0.2) is 0 Å². The Bertz CT molecular complexity index is 99.1. The predicted octanol–water partition coefficient (Wildman–Crippen LogP) is 0.698. The molecule has 54 valence electrons. The zero-order chi connectivity index (χ0) is 6.91. The molecule has 2 N–H and O–H groups in total. The maximum absolute atomic E-state index is 8.84. The fraction of sp³-hybridized carbons (Fsp3) is 1.00. The number of hydrogen-bond donors (Lipinski definition) is 2. The summed E-state index contributed by atoms with van der Waals surface area (Å²) in [6.45, 7) is 1.89. The third kappa shape index (κ3) is 1.55. The van der Waals surface area contributed by atoms with E-state index in [0.29, 0.717) is 0 Å². The molecule has 1 rings (SSSR count). The van der Waals surface area contributed by atoms with E-state index in [1.54, 1.807) is 21.6 Å². The molecule has 4 heteroatoms. The highest BCUT2D eigenvalue weighted by Gasteiger charge is 2.36. The largest absolute Gasteiger partial charge is 0.368 e. The molecule has 0 aromatic heterocycles. The van der Waals surface area contributed by atoms with Crippen molar-refractivity contribution < 1.29 is 10.2 Å². The van der Waals surface area contributed by atoms with Gasteiger partial charge in [0.25, 0.3) is 0 Å². The number of aliphatic hydroxyl groups excluding tert-OH is 1. The average molecular weight is 166 g/mol. The van der Waals surface area contributed by atoms with Crippen LogP contribution in [0, 0.1) is 5.41 Å². The normalized spacial score (nSPS) is 25.3. The maximum Gasteiger partial charge on any atom is 0.158 e. The quantitative estimate of drug-likeness (QED) is 0.444. The highest BCUT2D eigenvalue weighted by atomic mass is 33.1. The summed E-state index contributed by atoms with van der Waals surface area (Å²) < 4.78 is 0. The van der Waals surface area contributed by atoms with Crippen LogP contribution in [0.5, 0.6) is 0 Å². The van der Waals surface area contributed by atoms with Gasteiger partial charge in [-0.3, -0.25) is 0 Å². The molecule has 0 aliphatic carbocycles. The minimum atomic E-state index is -1.15. The number of aliphatic hydroxyl groups is 2. The zero-order valence-corrected chi connectivity index (χ0v) is 6.84. The fourth-order valence-electron chi connectivity index (χ4n) is 0.543. The Kier molecular flexibility index (Phi) is 2.32. The van der Waals surface area contributed by atoms with Crippen LogP contribution in [0.4, 0.5) is 0 Å². The van der Waals surface area contributed by atoms with Crippen LogP contribution in [0.3, 0.4) is 0 Å². The zero-order valence-electron chi connectivity index (χ0n) is 5.20. The molecule has 0 aromatic carbocycles. The third-order valence-electron chi connectivity index (χ3n) is 1.48. The topological polar surface area (TPSA) is 40.5 Å². The summed E-state index contributed by atoms with van der Waals surface area (Å²) in [5, 5.41) is 17.7. The highest BCUT2D eigenvalue weighted by Crippen LogP contribution is 2.44. The van der Waals surface area contributed by atoms with Crippen molar-refractivity contribution >= 4 is 21.6 Å². The van der Waals surface area contributed by atoms with Crippen LogP contribution in [0.1, 0.15) is 6.92 Å². The van der Waals surface area contributed by atoms with Crippen molar-refractivity contribution in [3.63, 3.8) is 0 Å². The third-order valence-corrected chi connectivity index (χ3v) is 4.41. The first kappa shape index (κ1) is 7.72. The van der Waals surface area contributed by atoms with E-state index in [0.717, 1.165) is 11.5 Å². The Balaban J connectivity index is 2.51. The lowest BCUT2D eigenvalue weighted by Gasteiger charge is -2.23. The lowest BCUT2D eigenvalue weighted by molar-refractivity contribution is -0.109. The molecule has 1 fully saturated rings. The second-order valence-electron chi connectivity index (χ2n) is 2.55. The molecule has 1 aliphatic rings. The van der Waals surface area contributed by atoms with Gasteiger partial charge in [0.2, 0.25) is 0 Å².